The summed E-state index contributed by atoms with van der Waals surface area (Å²) in [6, 6.07) is 15.2. The van der Waals surface area contributed by atoms with Crippen molar-refractivity contribution < 1.29 is 0 Å². The third-order valence-corrected chi connectivity index (χ3v) is 3.27. The molecule has 0 aliphatic carbocycles. The summed E-state index contributed by atoms with van der Waals surface area (Å²) >= 11 is 0. The second-order valence-electron chi connectivity index (χ2n) is 5.06. The van der Waals surface area contributed by atoms with Crippen molar-refractivity contribution in [3.05, 3.63) is 70.3 Å². The van der Waals surface area contributed by atoms with Crippen molar-refractivity contribution in [3.8, 4) is 0 Å². The Morgan fingerprint density at radius 2 is 1.61 bits per heavy atom. The quantitative estimate of drug-likeness (QED) is 0.631. The minimum Gasteiger partial charge on any atom is -0.0614 e. The Labute approximate surface area is 110 Å². The molecular formula is C18H20. The van der Waals surface area contributed by atoms with Crippen LogP contribution in [0.5, 0.6) is 0 Å². The van der Waals surface area contributed by atoms with Gasteiger partial charge >= 0.3 is 0 Å². The molecule has 0 fully saturated rings. The number of hydrogen-bond donors (Lipinski definition) is 0. The van der Waals surface area contributed by atoms with Gasteiger partial charge in [0.25, 0.3) is 0 Å². The summed E-state index contributed by atoms with van der Waals surface area (Å²) in [5.41, 5.74) is 7.88. The Morgan fingerprint density at radius 1 is 0.889 bits per heavy atom. The van der Waals surface area contributed by atoms with Crippen molar-refractivity contribution >= 4 is 11.6 Å². The second kappa shape index (κ2) is 5.22. The molecule has 0 saturated carbocycles. The minimum atomic E-state index is 1.30. The van der Waals surface area contributed by atoms with Crippen LogP contribution in [0.25, 0.3) is 11.6 Å². The van der Waals surface area contributed by atoms with Gasteiger partial charge in [-0.05, 0) is 50.0 Å². The second-order valence-corrected chi connectivity index (χ2v) is 5.06. The number of allylic oxidation sites excluding steroid dienone is 1. The summed E-state index contributed by atoms with van der Waals surface area (Å²) in [6.45, 7) is 8.61. The molecule has 0 bridgehead atoms. The van der Waals surface area contributed by atoms with Gasteiger partial charge in [-0.1, -0.05) is 59.7 Å². The molecule has 0 aliphatic rings. The molecule has 0 N–H and O–H groups in total. The van der Waals surface area contributed by atoms with E-state index in [2.05, 4.69) is 76.2 Å². The Bertz CT molecular complexity index is 589. The van der Waals surface area contributed by atoms with Gasteiger partial charge < -0.3 is 0 Å². The fraction of sp³-hybridized carbons (Fsp3) is 0.222. The lowest BCUT2D eigenvalue weighted by molar-refractivity contribution is 1.37. The monoisotopic (exact) mass is 236 g/mol. The van der Waals surface area contributed by atoms with Crippen molar-refractivity contribution in [2.45, 2.75) is 27.7 Å². The molecule has 2 rings (SSSR count). The van der Waals surface area contributed by atoms with E-state index in [0.717, 1.165) is 0 Å². The van der Waals surface area contributed by atoms with Gasteiger partial charge in [0.2, 0.25) is 0 Å². The lowest BCUT2D eigenvalue weighted by atomic mass is 9.99. The summed E-state index contributed by atoms with van der Waals surface area (Å²) in [5.74, 6) is 0. The van der Waals surface area contributed by atoms with Crippen LogP contribution in [0.3, 0.4) is 0 Å². The third-order valence-electron chi connectivity index (χ3n) is 3.27. The predicted octanol–water partition coefficient (Wildman–Crippen LogP) is 5.17. The highest BCUT2D eigenvalue weighted by atomic mass is 14.0. The number of benzene rings is 2. The van der Waals surface area contributed by atoms with Gasteiger partial charge in [0.1, 0.15) is 0 Å². The average molecular weight is 236 g/mol. The molecule has 2 aromatic rings. The summed E-state index contributed by atoms with van der Waals surface area (Å²) in [6.07, 6.45) is 2.27. The number of aryl methyl sites for hydroxylation is 3. The van der Waals surface area contributed by atoms with Crippen LogP contribution < -0.4 is 0 Å². The average Bonchev–Trinajstić information content (AvgIpc) is 2.32. The highest BCUT2D eigenvalue weighted by Crippen LogP contribution is 2.21. The van der Waals surface area contributed by atoms with E-state index in [1.54, 1.807) is 0 Å². The molecule has 18 heavy (non-hydrogen) atoms. The summed E-state index contributed by atoms with van der Waals surface area (Å²) in [4.78, 5) is 0. The summed E-state index contributed by atoms with van der Waals surface area (Å²) < 4.78 is 0. The van der Waals surface area contributed by atoms with Crippen LogP contribution in [0, 0.1) is 20.8 Å². The van der Waals surface area contributed by atoms with Crippen LogP contribution in [-0.4, -0.2) is 0 Å². The molecular weight excluding hydrogens is 216 g/mol. The fourth-order valence-electron chi connectivity index (χ4n) is 2.19. The molecule has 92 valence electrons. The largest absolute Gasteiger partial charge is 0.0614 e. The Balaban J connectivity index is 2.38. The molecule has 2 aromatic carbocycles. The van der Waals surface area contributed by atoms with E-state index in [-0.39, 0.29) is 0 Å². The van der Waals surface area contributed by atoms with Gasteiger partial charge in [0.15, 0.2) is 0 Å². The first-order valence-electron chi connectivity index (χ1n) is 6.39. The van der Waals surface area contributed by atoms with Crippen LogP contribution in [0.4, 0.5) is 0 Å². The van der Waals surface area contributed by atoms with Gasteiger partial charge in [-0.3, -0.25) is 0 Å². The van der Waals surface area contributed by atoms with Crippen LogP contribution in [0.1, 0.15) is 34.7 Å². The molecule has 0 heterocycles. The molecule has 0 saturated heterocycles. The van der Waals surface area contributed by atoms with Crippen molar-refractivity contribution in [2.24, 2.45) is 0 Å². The molecule has 0 nitrogen and oxygen atoms in total. The first kappa shape index (κ1) is 12.6. The van der Waals surface area contributed by atoms with Crippen LogP contribution in [0.2, 0.25) is 0 Å². The Hall–Kier alpha value is -1.82. The zero-order valence-corrected chi connectivity index (χ0v) is 11.6. The molecule has 0 spiro atoms. The van der Waals surface area contributed by atoms with E-state index in [9.17, 15) is 0 Å². The maximum atomic E-state index is 2.27. The Kier molecular flexibility index (Phi) is 3.66. The fourth-order valence-corrected chi connectivity index (χ4v) is 2.19. The lowest BCUT2D eigenvalue weighted by Crippen LogP contribution is -1.85. The zero-order valence-electron chi connectivity index (χ0n) is 11.6. The van der Waals surface area contributed by atoms with Gasteiger partial charge in [0.05, 0.1) is 0 Å². The molecule has 0 radical (unpaired) electrons. The SMILES string of the molecule is C/C(=C\c1ccc(C)cc1C)c1cccc(C)c1. The summed E-state index contributed by atoms with van der Waals surface area (Å²) in [5, 5.41) is 0. The van der Waals surface area contributed by atoms with Crippen molar-refractivity contribution in [1.82, 2.24) is 0 Å². The van der Waals surface area contributed by atoms with Crippen molar-refractivity contribution in [1.29, 1.82) is 0 Å². The topological polar surface area (TPSA) is 0 Å². The van der Waals surface area contributed by atoms with E-state index in [4.69, 9.17) is 0 Å². The number of rotatable bonds is 2. The molecule has 0 atom stereocenters. The van der Waals surface area contributed by atoms with Gasteiger partial charge in [0, 0.05) is 0 Å². The lowest BCUT2D eigenvalue weighted by Gasteiger charge is -2.06. The number of hydrogen-bond acceptors (Lipinski definition) is 0. The normalized spacial score (nSPS) is 11.7. The zero-order chi connectivity index (χ0) is 13.1. The molecule has 0 unspecified atom stereocenters. The van der Waals surface area contributed by atoms with Crippen molar-refractivity contribution in [3.63, 3.8) is 0 Å². The van der Waals surface area contributed by atoms with E-state index in [1.165, 1.54) is 33.4 Å². The van der Waals surface area contributed by atoms with E-state index in [1.807, 2.05) is 0 Å². The standard InChI is InChI=1S/C18H20/c1-13-6-5-7-17(11-13)16(4)12-18-9-8-14(2)10-15(18)3/h5-12H,1-4H3/b16-12+. The Morgan fingerprint density at radius 3 is 2.28 bits per heavy atom. The van der Waals surface area contributed by atoms with Gasteiger partial charge in [-0.2, -0.15) is 0 Å². The highest BCUT2D eigenvalue weighted by molar-refractivity contribution is 5.81. The van der Waals surface area contributed by atoms with Crippen LogP contribution in [-0.2, 0) is 0 Å². The maximum absolute atomic E-state index is 2.27. The van der Waals surface area contributed by atoms with E-state index in [0.29, 0.717) is 0 Å². The van der Waals surface area contributed by atoms with E-state index < -0.39 is 0 Å². The molecule has 0 amide bonds. The first-order valence-corrected chi connectivity index (χ1v) is 6.39. The van der Waals surface area contributed by atoms with E-state index >= 15 is 0 Å². The smallest absolute Gasteiger partial charge is 0.0224 e. The minimum absolute atomic E-state index is 1.30. The molecule has 0 aliphatic heterocycles. The van der Waals surface area contributed by atoms with Crippen LogP contribution in [0.15, 0.2) is 42.5 Å². The maximum Gasteiger partial charge on any atom is -0.0224 e. The van der Waals surface area contributed by atoms with Gasteiger partial charge in [-0.15, -0.1) is 0 Å². The molecule has 0 aromatic heterocycles. The van der Waals surface area contributed by atoms with Gasteiger partial charge in [-0.25, -0.2) is 0 Å². The van der Waals surface area contributed by atoms with Crippen LogP contribution >= 0.6 is 0 Å². The van der Waals surface area contributed by atoms with Crippen molar-refractivity contribution in [2.75, 3.05) is 0 Å². The predicted molar refractivity (Wildman–Crippen MR) is 80.6 cm³/mol. The third kappa shape index (κ3) is 2.89. The summed E-state index contributed by atoms with van der Waals surface area (Å²) in [7, 11) is 0. The molecule has 0 heteroatoms. The highest BCUT2D eigenvalue weighted by Gasteiger charge is 1.99. The first-order chi connectivity index (χ1) is 8.56.